The summed E-state index contributed by atoms with van der Waals surface area (Å²) < 4.78 is 1.69. The Morgan fingerprint density at radius 2 is 1.91 bits per heavy atom. The normalized spacial score (nSPS) is 12.6. The van der Waals surface area contributed by atoms with Crippen molar-refractivity contribution in [3.05, 3.63) is 34.6 Å². The molecule has 0 fully saturated rings. The number of benzene rings is 1. The Kier molecular flexibility index (Phi) is 5.46. The summed E-state index contributed by atoms with van der Waals surface area (Å²) in [6.07, 6.45) is 0. The number of para-hydroxylation sites is 1. The van der Waals surface area contributed by atoms with E-state index < -0.39 is 0 Å². The SMILES string of the molecule is CC(C)Cn1c(S[C@@H](C)C(=O)N(C)C)nc2ccccc2c1=O. The summed E-state index contributed by atoms with van der Waals surface area (Å²) in [6, 6.07) is 7.34. The fraction of sp³-hybridized carbons (Fsp3) is 0.471. The number of nitrogens with zero attached hydrogens (tertiary/aromatic N) is 3. The number of thioether (sulfide) groups is 1. The van der Waals surface area contributed by atoms with Crippen LogP contribution in [0.5, 0.6) is 0 Å². The zero-order chi connectivity index (χ0) is 17.1. The van der Waals surface area contributed by atoms with E-state index in [1.807, 2.05) is 25.1 Å². The lowest BCUT2D eigenvalue weighted by atomic mass is 10.2. The van der Waals surface area contributed by atoms with Crippen LogP contribution in [0.1, 0.15) is 20.8 Å². The lowest BCUT2D eigenvalue weighted by Crippen LogP contribution is -2.31. The number of hydrogen-bond donors (Lipinski definition) is 0. The number of aromatic nitrogens is 2. The molecule has 5 nitrogen and oxygen atoms in total. The van der Waals surface area contributed by atoms with Crippen molar-refractivity contribution in [2.75, 3.05) is 14.1 Å². The molecule has 0 saturated heterocycles. The van der Waals surface area contributed by atoms with Crippen molar-refractivity contribution in [2.45, 2.75) is 37.7 Å². The highest BCUT2D eigenvalue weighted by molar-refractivity contribution is 8.00. The van der Waals surface area contributed by atoms with Crippen LogP contribution in [0.15, 0.2) is 34.2 Å². The number of hydrogen-bond acceptors (Lipinski definition) is 4. The van der Waals surface area contributed by atoms with Gasteiger partial charge in [-0.05, 0) is 25.0 Å². The smallest absolute Gasteiger partial charge is 0.262 e. The predicted molar refractivity (Wildman–Crippen MR) is 94.9 cm³/mol. The molecule has 2 rings (SSSR count). The van der Waals surface area contributed by atoms with Crippen molar-refractivity contribution in [1.29, 1.82) is 0 Å². The minimum absolute atomic E-state index is 0.00787. The average molecular weight is 333 g/mol. The summed E-state index contributed by atoms with van der Waals surface area (Å²) in [5, 5.41) is 0.922. The van der Waals surface area contributed by atoms with Gasteiger partial charge >= 0.3 is 0 Å². The minimum atomic E-state index is -0.295. The maximum absolute atomic E-state index is 12.8. The molecule has 0 aliphatic carbocycles. The van der Waals surface area contributed by atoms with Crippen LogP contribution in [0.25, 0.3) is 10.9 Å². The van der Waals surface area contributed by atoms with Gasteiger partial charge in [0.1, 0.15) is 0 Å². The van der Waals surface area contributed by atoms with Gasteiger partial charge in [0.15, 0.2) is 5.16 Å². The Morgan fingerprint density at radius 3 is 2.52 bits per heavy atom. The van der Waals surface area contributed by atoms with E-state index in [9.17, 15) is 9.59 Å². The second kappa shape index (κ2) is 7.17. The van der Waals surface area contributed by atoms with Crippen molar-refractivity contribution in [3.8, 4) is 0 Å². The Hall–Kier alpha value is -1.82. The van der Waals surface area contributed by atoms with Crippen molar-refractivity contribution >= 4 is 28.6 Å². The van der Waals surface area contributed by atoms with Gasteiger partial charge in [-0.1, -0.05) is 37.7 Å². The van der Waals surface area contributed by atoms with Crippen LogP contribution in [0, 0.1) is 5.92 Å². The molecule has 124 valence electrons. The molecule has 0 aliphatic rings. The Bertz CT molecular complexity index is 768. The first-order valence-electron chi connectivity index (χ1n) is 7.68. The van der Waals surface area contributed by atoms with Gasteiger partial charge in [0.25, 0.3) is 5.56 Å². The summed E-state index contributed by atoms with van der Waals surface area (Å²) in [5.41, 5.74) is 0.626. The molecule has 0 saturated carbocycles. The quantitative estimate of drug-likeness (QED) is 0.623. The summed E-state index contributed by atoms with van der Waals surface area (Å²) in [6.45, 7) is 6.55. The molecule has 1 heterocycles. The molecule has 6 heteroatoms. The van der Waals surface area contributed by atoms with Crippen LogP contribution < -0.4 is 5.56 Å². The van der Waals surface area contributed by atoms with Crippen LogP contribution in [0.2, 0.25) is 0 Å². The highest BCUT2D eigenvalue weighted by Gasteiger charge is 2.20. The van der Waals surface area contributed by atoms with Crippen LogP contribution >= 0.6 is 11.8 Å². The number of carbonyl (C=O) groups excluding carboxylic acids is 1. The van der Waals surface area contributed by atoms with E-state index in [1.165, 1.54) is 11.8 Å². The third-order valence-corrected chi connectivity index (χ3v) is 4.52. The number of rotatable bonds is 5. The molecule has 0 N–H and O–H groups in total. The molecule has 0 spiro atoms. The van der Waals surface area contributed by atoms with Gasteiger partial charge in [-0.3, -0.25) is 14.2 Å². The van der Waals surface area contributed by atoms with Crippen LogP contribution in [0.4, 0.5) is 0 Å². The Morgan fingerprint density at radius 1 is 1.26 bits per heavy atom. The molecule has 1 aromatic carbocycles. The van der Waals surface area contributed by atoms with Crippen LogP contribution in [-0.4, -0.2) is 39.7 Å². The zero-order valence-electron chi connectivity index (χ0n) is 14.2. The van der Waals surface area contributed by atoms with E-state index in [2.05, 4.69) is 18.8 Å². The summed E-state index contributed by atoms with van der Waals surface area (Å²) in [4.78, 5) is 31.1. The molecule has 0 radical (unpaired) electrons. The Balaban J connectivity index is 2.52. The maximum atomic E-state index is 12.8. The standard InChI is InChI=1S/C17H23N3O2S/c1-11(2)10-20-16(22)13-8-6-7-9-14(13)18-17(20)23-12(3)15(21)19(4)5/h6-9,11-12H,10H2,1-5H3/t12-/m0/s1. The highest BCUT2D eigenvalue weighted by Crippen LogP contribution is 2.24. The van der Waals surface area contributed by atoms with E-state index in [1.54, 1.807) is 29.6 Å². The van der Waals surface area contributed by atoms with Gasteiger partial charge in [-0.25, -0.2) is 4.98 Å². The topological polar surface area (TPSA) is 55.2 Å². The molecule has 1 aromatic heterocycles. The van der Waals surface area contributed by atoms with Gasteiger partial charge in [0, 0.05) is 20.6 Å². The van der Waals surface area contributed by atoms with E-state index >= 15 is 0 Å². The third-order valence-electron chi connectivity index (χ3n) is 3.45. The van der Waals surface area contributed by atoms with Gasteiger partial charge in [-0.2, -0.15) is 0 Å². The predicted octanol–water partition coefficient (Wildman–Crippen LogP) is 2.62. The highest BCUT2D eigenvalue weighted by atomic mass is 32.2. The largest absolute Gasteiger partial charge is 0.348 e. The van der Waals surface area contributed by atoms with Gasteiger partial charge in [-0.15, -0.1) is 0 Å². The van der Waals surface area contributed by atoms with Gasteiger partial charge < -0.3 is 4.90 Å². The lowest BCUT2D eigenvalue weighted by Gasteiger charge is -2.19. The molecule has 1 amide bonds. The first-order chi connectivity index (χ1) is 10.8. The molecular weight excluding hydrogens is 310 g/mol. The first-order valence-corrected chi connectivity index (χ1v) is 8.56. The molecular formula is C17H23N3O2S. The molecule has 0 unspecified atom stereocenters. The van der Waals surface area contributed by atoms with Crippen LogP contribution in [-0.2, 0) is 11.3 Å². The Labute approximate surface area is 140 Å². The molecule has 23 heavy (non-hydrogen) atoms. The summed E-state index contributed by atoms with van der Waals surface area (Å²) in [7, 11) is 3.46. The van der Waals surface area contributed by atoms with E-state index in [-0.39, 0.29) is 16.7 Å². The van der Waals surface area contributed by atoms with Crippen molar-refractivity contribution in [2.24, 2.45) is 5.92 Å². The number of amides is 1. The molecule has 1 atom stereocenters. The van der Waals surface area contributed by atoms with Crippen molar-refractivity contribution in [3.63, 3.8) is 0 Å². The number of fused-ring (bicyclic) bond motifs is 1. The number of carbonyl (C=O) groups is 1. The van der Waals surface area contributed by atoms with Gasteiger partial charge in [0.2, 0.25) is 5.91 Å². The second-order valence-electron chi connectivity index (χ2n) is 6.21. The molecule has 2 aromatic rings. The summed E-state index contributed by atoms with van der Waals surface area (Å²) >= 11 is 1.34. The first kappa shape index (κ1) is 17.5. The third kappa shape index (κ3) is 3.93. The lowest BCUT2D eigenvalue weighted by molar-refractivity contribution is -0.127. The second-order valence-corrected chi connectivity index (χ2v) is 7.52. The van der Waals surface area contributed by atoms with E-state index in [0.717, 1.165) is 0 Å². The average Bonchev–Trinajstić information content (AvgIpc) is 2.49. The van der Waals surface area contributed by atoms with Crippen molar-refractivity contribution < 1.29 is 4.79 Å². The molecule has 0 aliphatic heterocycles. The van der Waals surface area contributed by atoms with Crippen molar-refractivity contribution in [1.82, 2.24) is 14.5 Å². The zero-order valence-corrected chi connectivity index (χ0v) is 15.1. The minimum Gasteiger partial charge on any atom is -0.348 e. The molecule has 0 bridgehead atoms. The maximum Gasteiger partial charge on any atom is 0.262 e. The fourth-order valence-corrected chi connectivity index (χ4v) is 3.40. The van der Waals surface area contributed by atoms with Gasteiger partial charge in [0.05, 0.1) is 16.2 Å². The van der Waals surface area contributed by atoms with E-state index in [0.29, 0.717) is 28.5 Å². The monoisotopic (exact) mass is 333 g/mol. The van der Waals surface area contributed by atoms with Crippen LogP contribution in [0.3, 0.4) is 0 Å². The van der Waals surface area contributed by atoms with E-state index in [4.69, 9.17) is 0 Å². The fourth-order valence-electron chi connectivity index (χ4n) is 2.34. The summed E-state index contributed by atoms with van der Waals surface area (Å²) in [5.74, 6) is 0.323.